The zero-order chi connectivity index (χ0) is 17.5. The van der Waals surface area contributed by atoms with Crippen LogP contribution in [0, 0.1) is 0 Å². The molecule has 6 nitrogen and oxygen atoms in total. The van der Waals surface area contributed by atoms with E-state index < -0.39 is 17.0 Å². The van der Waals surface area contributed by atoms with E-state index in [2.05, 4.69) is 10.0 Å². The molecule has 2 N–H and O–H groups in total. The molecule has 0 aromatic heterocycles. The number of benzene rings is 2. The van der Waals surface area contributed by atoms with Crippen molar-refractivity contribution in [2.24, 2.45) is 0 Å². The molecule has 1 atom stereocenters. The number of amides is 2. The third-order valence-electron chi connectivity index (χ3n) is 2.87. The standard InChI is InChI=1S/C16H15ClN2O4S/c1-11(20)23-10-12-2-8-15(9-3-12)24(22)19-16(21)18-14-6-4-13(17)5-7-14/h2-9H,10H2,1H3,(H2,18,19,21). The van der Waals surface area contributed by atoms with Crippen LogP contribution < -0.4 is 10.0 Å². The van der Waals surface area contributed by atoms with Crippen LogP contribution in [0.4, 0.5) is 10.5 Å². The van der Waals surface area contributed by atoms with E-state index in [9.17, 15) is 13.8 Å². The monoisotopic (exact) mass is 366 g/mol. The largest absolute Gasteiger partial charge is 0.461 e. The van der Waals surface area contributed by atoms with Gasteiger partial charge in [-0.15, -0.1) is 0 Å². The summed E-state index contributed by atoms with van der Waals surface area (Å²) in [6, 6.07) is 12.5. The molecule has 0 saturated carbocycles. The van der Waals surface area contributed by atoms with Crippen molar-refractivity contribution in [2.75, 3.05) is 5.32 Å². The number of carbonyl (C=O) groups is 2. The van der Waals surface area contributed by atoms with Gasteiger partial charge in [-0.05, 0) is 42.0 Å². The Hall–Kier alpha value is -2.38. The van der Waals surface area contributed by atoms with Crippen molar-refractivity contribution in [3.05, 3.63) is 59.1 Å². The van der Waals surface area contributed by atoms with E-state index in [0.29, 0.717) is 15.6 Å². The molecule has 0 radical (unpaired) electrons. The van der Waals surface area contributed by atoms with Crippen molar-refractivity contribution in [3.8, 4) is 0 Å². The molecule has 0 aliphatic rings. The predicted octanol–water partition coefficient (Wildman–Crippen LogP) is 3.25. The Labute approximate surface area is 146 Å². The first-order chi connectivity index (χ1) is 11.4. The van der Waals surface area contributed by atoms with Crippen molar-refractivity contribution < 1.29 is 18.5 Å². The van der Waals surface area contributed by atoms with Gasteiger partial charge in [-0.25, -0.2) is 9.00 Å². The summed E-state index contributed by atoms with van der Waals surface area (Å²) in [6.45, 7) is 1.47. The van der Waals surface area contributed by atoms with Crippen LogP contribution in [0.25, 0.3) is 0 Å². The number of hydrogen-bond acceptors (Lipinski definition) is 4. The quantitative estimate of drug-likeness (QED) is 0.795. The average Bonchev–Trinajstić information content (AvgIpc) is 2.55. The second kappa shape index (κ2) is 8.47. The van der Waals surface area contributed by atoms with Crippen LogP contribution in [-0.4, -0.2) is 16.2 Å². The minimum Gasteiger partial charge on any atom is -0.461 e. The van der Waals surface area contributed by atoms with Crippen molar-refractivity contribution in [1.82, 2.24) is 4.72 Å². The number of halogens is 1. The summed E-state index contributed by atoms with van der Waals surface area (Å²) in [5.74, 6) is -0.372. The van der Waals surface area contributed by atoms with Gasteiger partial charge >= 0.3 is 12.0 Å². The molecule has 2 aromatic carbocycles. The number of nitrogens with one attached hydrogen (secondary N) is 2. The van der Waals surface area contributed by atoms with Gasteiger partial charge < -0.3 is 10.1 Å². The van der Waals surface area contributed by atoms with Crippen LogP contribution in [0.15, 0.2) is 53.4 Å². The minimum atomic E-state index is -1.71. The first kappa shape index (κ1) is 18.0. The molecular formula is C16H15ClN2O4S. The number of rotatable bonds is 5. The zero-order valence-electron chi connectivity index (χ0n) is 12.7. The van der Waals surface area contributed by atoms with Gasteiger partial charge in [-0.3, -0.25) is 9.52 Å². The summed E-state index contributed by atoms with van der Waals surface area (Å²) in [4.78, 5) is 23.0. The highest BCUT2D eigenvalue weighted by atomic mass is 35.5. The van der Waals surface area contributed by atoms with Crippen LogP contribution >= 0.6 is 11.6 Å². The van der Waals surface area contributed by atoms with E-state index in [-0.39, 0.29) is 12.6 Å². The normalized spacial score (nSPS) is 11.4. The molecule has 2 rings (SSSR count). The molecule has 0 fully saturated rings. The Bertz CT molecular complexity index is 748. The Morgan fingerprint density at radius 1 is 1.08 bits per heavy atom. The predicted molar refractivity (Wildman–Crippen MR) is 91.9 cm³/mol. The van der Waals surface area contributed by atoms with E-state index in [4.69, 9.17) is 16.3 Å². The first-order valence-electron chi connectivity index (χ1n) is 6.91. The van der Waals surface area contributed by atoms with Crippen LogP contribution in [0.5, 0.6) is 0 Å². The van der Waals surface area contributed by atoms with Gasteiger partial charge in [-0.1, -0.05) is 23.7 Å². The third-order valence-corrected chi connectivity index (χ3v) is 4.19. The first-order valence-corrected chi connectivity index (χ1v) is 8.44. The Balaban J connectivity index is 1.90. The van der Waals surface area contributed by atoms with Gasteiger partial charge in [0.25, 0.3) is 0 Å². The van der Waals surface area contributed by atoms with Gasteiger partial charge in [0.15, 0.2) is 11.0 Å². The lowest BCUT2D eigenvalue weighted by molar-refractivity contribution is -0.142. The summed E-state index contributed by atoms with van der Waals surface area (Å²) >= 11 is 5.76. The molecule has 0 aliphatic carbocycles. The highest BCUT2D eigenvalue weighted by Crippen LogP contribution is 2.13. The van der Waals surface area contributed by atoms with Crippen LogP contribution in [-0.2, 0) is 27.1 Å². The molecule has 2 amide bonds. The molecule has 0 heterocycles. The Morgan fingerprint density at radius 2 is 1.71 bits per heavy atom. The SMILES string of the molecule is CC(=O)OCc1ccc(S(=O)NC(=O)Nc2ccc(Cl)cc2)cc1. The van der Waals surface area contributed by atoms with Crippen molar-refractivity contribution in [2.45, 2.75) is 18.4 Å². The van der Waals surface area contributed by atoms with Gasteiger partial charge in [-0.2, -0.15) is 0 Å². The number of esters is 1. The highest BCUT2D eigenvalue weighted by Gasteiger charge is 2.09. The molecule has 0 saturated heterocycles. The van der Waals surface area contributed by atoms with E-state index in [1.807, 2.05) is 0 Å². The topological polar surface area (TPSA) is 84.5 Å². The number of urea groups is 1. The molecule has 0 spiro atoms. The third kappa shape index (κ3) is 5.68. The van der Waals surface area contributed by atoms with Crippen LogP contribution in [0.2, 0.25) is 5.02 Å². The second-order valence-electron chi connectivity index (χ2n) is 4.76. The molecular weight excluding hydrogens is 352 g/mol. The van der Waals surface area contributed by atoms with Gasteiger partial charge in [0.1, 0.15) is 6.61 Å². The van der Waals surface area contributed by atoms with Gasteiger partial charge in [0.2, 0.25) is 0 Å². The summed E-state index contributed by atoms with van der Waals surface area (Å²) in [7, 11) is -1.71. The lowest BCUT2D eigenvalue weighted by Crippen LogP contribution is -2.30. The number of hydrogen-bond donors (Lipinski definition) is 2. The minimum absolute atomic E-state index is 0.146. The molecule has 1 unspecified atom stereocenters. The number of ether oxygens (including phenoxy) is 1. The molecule has 0 aliphatic heterocycles. The lowest BCUT2D eigenvalue weighted by Gasteiger charge is -2.08. The van der Waals surface area contributed by atoms with E-state index in [1.54, 1.807) is 48.5 Å². The molecule has 8 heteroatoms. The van der Waals surface area contributed by atoms with Gasteiger partial charge in [0, 0.05) is 17.6 Å². The number of carbonyl (C=O) groups excluding carboxylic acids is 2. The smallest absolute Gasteiger partial charge is 0.331 e. The molecule has 0 bridgehead atoms. The highest BCUT2D eigenvalue weighted by molar-refractivity contribution is 7.83. The maximum absolute atomic E-state index is 12.1. The summed E-state index contributed by atoms with van der Waals surface area (Å²) in [5.41, 5.74) is 1.29. The lowest BCUT2D eigenvalue weighted by atomic mass is 10.2. The van der Waals surface area contributed by atoms with Crippen molar-refractivity contribution in [1.29, 1.82) is 0 Å². The fourth-order valence-corrected chi connectivity index (χ4v) is 2.57. The fraction of sp³-hybridized carbons (Fsp3) is 0.125. The molecule has 2 aromatic rings. The van der Waals surface area contributed by atoms with E-state index >= 15 is 0 Å². The second-order valence-corrected chi connectivity index (χ2v) is 6.41. The zero-order valence-corrected chi connectivity index (χ0v) is 14.3. The molecule has 126 valence electrons. The summed E-state index contributed by atoms with van der Waals surface area (Å²) in [6.07, 6.45) is 0. The Kier molecular flexibility index (Phi) is 6.34. The molecule has 24 heavy (non-hydrogen) atoms. The fourth-order valence-electron chi connectivity index (χ4n) is 1.73. The summed E-state index contributed by atoms with van der Waals surface area (Å²) < 4.78 is 19.3. The van der Waals surface area contributed by atoms with Gasteiger partial charge in [0.05, 0.1) is 4.90 Å². The Morgan fingerprint density at radius 3 is 2.29 bits per heavy atom. The van der Waals surface area contributed by atoms with Crippen molar-refractivity contribution >= 4 is 40.3 Å². The van der Waals surface area contributed by atoms with Crippen molar-refractivity contribution in [3.63, 3.8) is 0 Å². The maximum atomic E-state index is 12.1. The van der Waals surface area contributed by atoms with Crippen LogP contribution in [0.3, 0.4) is 0 Å². The summed E-state index contributed by atoms with van der Waals surface area (Å²) in [5, 5.41) is 3.11. The van der Waals surface area contributed by atoms with Crippen LogP contribution in [0.1, 0.15) is 12.5 Å². The van der Waals surface area contributed by atoms with E-state index in [1.165, 1.54) is 6.92 Å². The number of anilines is 1. The maximum Gasteiger partial charge on any atom is 0.331 e. The average molecular weight is 367 g/mol. The van der Waals surface area contributed by atoms with E-state index in [0.717, 1.165) is 5.56 Å².